The topological polar surface area (TPSA) is 50.1 Å². The summed E-state index contributed by atoms with van der Waals surface area (Å²) in [6, 6.07) is 1.36. The molecule has 2 heterocycles. The van der Waals surface area contributed by atoms with E-state index in [1.54, 1.807) is 0 Å². The largest absolute Gasteiger partial charge is 0.444 e. The molecule has 4 nitrogen and oxygen atoms in total. The molecule has 1 aromatic rings. The van der Waals surface area contributed by atoms with Crippen molar-refractivity contribution in [2.75, 3.05) is 6.54 Å². The van der Waals surface area contributed by atoms with Gasteiger partial charge in [-0.3, -0.25) is 0 Å². The maximum atomic E-state index is 5.66. The molecule has 0 aromatic carbocycles. The highest BCUT2D eigenvalue weighted by Gasteiger charge is 2.34. The van der Waals surface area contributed by atoms with Crippen molar-refractivity contribution in [1.29, 1.82) is 0 Å². The molecule has 1 aromatic heterocycles. The summed E-state index contributed by atoms with van der Waals surface area (Å²) in [7, 11) is 0. The molecule has 1 aliphatic carbocycles. The van der Waals surface area contributed by atoms with Gasteiger partial charge in [-0.05, 0) is 38.1 Å². The second-order valence-electron chi connectivity index (χ2n) is 5.86. The molecule has 0 bridgehead atoms. The van der Waals surface area contributed by atoms with E-state index < -0.39 is 0 Å². The standard InChI is InChI=1S/C15H25N3O/c1-2-11-9-18-15(19-11)10-17-14-6-3-5-12(14)13-7-4-8-16-13/h9,12-14,16-17H,2-8,10H2,1H3. The van der Waals surface area contributed by atoms with Crippen molar-refractivity contribution in [3.8, 4) is 0 Å². The Kier molecular flexibility index (Phi) is 4.18. The summed E-state index contributed by atoms with van der Waals surface area (Å²) in [4.78, 5) is 4.33. The molecule has 3 atom stereocenters. The second kappa shape index (κ2) is 6.06. The van der Waals surface area contributed by atoms with Crippen molar-refractivity contribution in [1.82, 2.24) is 15.6 Å². The van der Waals surface area contributed by atoms with Crippen LogP contribution in [0.15, 0.2) is 10.6 Å². The van der Waals surface area contributed by atoms with E-state index in [0.717, 1.165) is 36.6 Å². The van der Waals surface area contributed by atoms with Crippen molar-refractivity contribution in [3.63, 3.8) is 0 Å². The molecule has 3 unspecified atom stereocenters. The van der Waals surface area contributed by atoms with Crippen LogP contribution in [0, 0.1) is 5.92 Å². The van der Waals surface area contributed by atoms with E-state index >= 15 is 0 Å². The summed E-state index contributed by atoms with van der Waals surface area (Å²) in [5.74, 6) is 2.61. The van der Waals surface area contributed by atoms with E-state index in [0.29, 0.717) is 6.04 Å². The Bertz CT molecular complexity index is 398. The van der Waals surface area contributed by atoms with Crippen LogP contribution in [-0.4, -0.2) is 23.6 Å². The van der Waals surface area contributed by atoms with Gasteiger partial charge in [-0.2, -0.15) is 0 Å². The molecular weight excluding hydrogens is 238 g/mol. The minimum Gasteiger partial charge on any atom is -0.444 e. The zero-order valence-electron chi connectivity index (χ0n) is 11.8. The van der Waals surface area contributed by atoms with E-state index in [1.165, 1.54) is 38.6 Å². The zero-order valence-corrected chi connectivity index (χ0v) is 11.8. The summed E-state index contributed by atoms with van der Waals surface area (Å²) < 4.78 is 5.66. The lowest BCUT2D eigenvalue weighted by molar-refractivity contribution is 0.308. The highest BCUT2D eigenvalue weighted by molar-refractivity contribution is 4.96. The molecule has 3 rings (SSSR count). The predicted molar refractivity (Wildman–Crippen MR) is 74.9 cm³/mol. The number of aryl methyl sites for hydroxylation is 1. The number of nitrogens with zero attached hydrogens (tertiary/aromatic N) is 1. The SMILES string of the molecule is CCc1cnc(CNC2CCCC2C2CCCN2)o1. The molecule has 0 amide bonds. The molecule has 1 aliphatic heterocycles. The van der Waals surface area contributed by atoms with Gasteiger partial charge in [-0.1, -0.05) is 13.3 Å². The third-order valence-electron chi connectivity index (χ3n) is 4.65. The molecule has 19 heavy (non-hydrogen) atoms. The quantitative estimate of drug-likeness (QED) is 0.855. The van der Waals surface area contributed by atoms with Crippen molar-refractivity contribution in [2.45, 2.75) is 64.1 Å². The minimum absolute atomic E-state index is 0.632. The fourth-order valence-corrected chi connectivity index (χ4v) is 3.61. The van der Waals surface area contributed by atoms with E-state index in [9.17, 15) is 0 Å². The molecule has 2 N–H and O–H groups in total. The van der Waals surface area contributed by atoms with E-state index in [1.807, 2.05) is 6.20 Å². The minimum atomic E-state index is 0.632. The van der Waals surface area contributed by atoms with Crippen LogP contribution in [0.2, 0.25) is 0 Å². The molecule has 2 fully saturated rings. The van der Waals surface area contributed by atoms with Crippen LogP contribution in [0.5, 0.6) is 0 Å². The van der Waals surface area contributed by atoms with Gasteiger partial charge in [0.1, 0.15) is 5.76 Å². The van der Waals surface area contributed by atoms with Gasteiger partial charge in [0.05, 0.1) is 12.7 Å². The van der Waals surface area contributed by atoms with Crippen LogP contribution in [0.4, 0.5) is 0 Å². The maximum Gasteiger partial charge on any atom is 0.208 e. The Hall–Kier alpha value is -0.870. The van der Waals surface area contributed by atoms with Gasteiger partial charge in [-0.15, -0.1) is 0 Å². The van der Waals surface area contributed by atoms with Crippen molar-refractivity contribution >= 4 is 0 Å². The lowest BCUT2D eigenvalue weighted by Crippen LogP contribution is -2.41. The van der Waals surface area contributed by atoms with Gasteiger partial charge in [-0.25, -0.2) is 4.98 Å². The number of rotatable bonds is 5. The fourth-order valence-electron chi connectivity index (χ4n) is 3.61. The Morgan fingerprint density at radius 1 is 1.37 bits per heavy atom. The summed E-state index contributed by atoms with van der Waals surface area (Å²) in [6.45, 7) is 4.07. The third-order valence-corrected chi connectivity index (χ3v) is 4.65. The molecule has 1 saturated carbocycles. The number of aromatic nitrogens is 1. The van der Waals surface area contributed by atoms with Gasteiger partial charge < -0.3 is 15.1 Å². The van der Waals surface area contributed by atoms with Crippen LogP contribution in [-0.2, 0) is 13.0 Å². The molecule has 0 radical (unpaired) electrons. The molecule has 106 valence electrons. The summed E-state index contributed by atoms with van der Waals surface area (Å²) >= 11 is 0. The van der Waals surface area contributed by atoms with Gasteiger partial charge in [0.15, 0.2) is 0 Å². The van der Waals surface area contributed by atoms with Gasteiger partial charge in [0.25, 0.3) is 0 Å². The first-order valence-electron chi connectivity index (χ1n) is 7.77. The van der Waals surface area contributed by atoms with Crippen LogP contribution in [0.3, 0.4) is 0 Å². The molecule has 0 spiro atoms. The van der Waals surface area contributed by atoms with Gasteiger partial charge in [0, 0.05) is 18.5 Å². The van der Waals surface area contributed by atoms with Crippen LogP contribution in [0.1, 0.15) is 50.7 Å². The Morgan fingerprint density at radius 3 is 3.05 bits per heavy atom. The fraction of sp³-hybridized carbons (Fsp3) is 0.800. The average Bonchev–Trinajstić information content (AvgIpc) is 3.16. The predicted octanol–water partition coefficient (Wildman–Crippen LogP) is 2.25. The highest BCUT2D eigenvalue weighted by atomic mass is 16.4. The monoisotopic (exact) mass is 263 g/mol. The van der Waals surface area contributed by atoms with Crippen LogP contribution in [0.25, 0.3) is 0 Å². The Balaban J connectivity index is 1.53. The van der Waals surface area contributed by atoms with Crippen LogP contribution >= 0.6 is 0 Å². The number of hydrogen-bond acceptors (Lipinski definition) is 4. The summed E-state index contributed by atoms with van der Waals surface area (Å²) in [5.41, 5.74) is 0. The molecule has 2 aliphatic rings. The normalized spacial score (nSPS) is 31.1. The first-order valence-corrected chi connectivity index (χ1v) is 7.77. The van der Waals surface area contributed by atoms with Crippen molar-refractivity contribution < 1.29 is 4.42 Å². The summed E-state index contributed by atoms with van der Waals surface area (Å²) in [5, 5.41) is 7.33. The van der Waals surface area contributed by atoms with Gasteiger partial charge in [0.2, 0.25) is 5.89 Å². The third kappa shape index (κ3) is 3.00. The molecule has 1 saturated heterocycles. The second-order valence-corrected chi connectivity index (χ2v) is 5.86. The lowest BCUT2D eigenvalue weighted by atomic mass is 9.93. The average molecular weight is 263 g/mol. The smallest absolute Gasteiger partial charge is 0.208 e. The van der Waals surface area contributed by atoms with E-state index in [4.69, 9.17) is 4.42 Å². The van der Waals surface area contributed by atoms with Gasteiger partial charge >= 0.3 is 0 Å². The first-order chi connectivity index (χ1) is 9.36. The zero-order chi connectivity index (χ0) is 13.1. The number of hydrogen-bond donors (Lipinski definition) is 2. The maximum absolute atomic E-state index is 5.66. The Morgan fingerprint density at radius 2 is 2.32 bits per heavy atom. The lowest BCUT2D eigenvalue weighted by Gasteiger charge is -2.26. The number of nitrogens with one attached hydrogen (secondary N) is 2. The first kappa shape index (κ1) is 13.1. The summed E-state index contributed by atoms with van der Waals surface area (Å²) in [6.07, 6.45) is 9.47. The van der Waals surface area contributed by atoms with E-state index in [-0.39, 0.29) is 0 Å². The van der Waals surface area contributed by atoms with Crippen LogP contribution < -0.4 is 10.6 Å². The van der Waals surface area contributed by atoms with E-state index in [2.05, 4.69) is 22.5 Å². The molecule has 4 heteroatoms. The van der Waals surface area contributed by atoms with Crippen molar-refractivity contribution in [2.24, 2.45) is 5.92 Å². The number of oxazole rings is 1. The van der Waals surface area contributed by atoms with Crippen molar-refractivity contribution in [3.05, 3.63) is 17.8 Å². The Labute approximate surface area is 115 Å². The highest BCUT2D eigenvalue weighted by Crippen LogP contribution is 2.32. The molecular formula is C15H25N3O.